The molecule has 0 unspecified atom stereocenters. The van der Waals surface area contributed by atoms with Crippen LogP contribution < -0.4 is 9.47 Å². The maximum Gasteiger partial charge on any atom is 0.235 e. The Morgan fingerprint density at radius 2 is 2.00 bits per heavy atom. The van der Waals surface area contributed by atoms with Crippen molar-refractivity contribution in [2.75, 3.05) is 14.2 Å². The quantitative estimate of drug-likeness (QED) is 0.631. The molecule has 4 nitrogen and oxygen atoms in total. The van der Waals surface area contributed by atoms with Crippen LogP contribution in [0.2, 0.25) is 0 Å². The molecule has 86 valence electrons. The highest BCUT2D eigenvalue weighted by molar-refractivity contribution is 9.10. The van der Waals surface area contributed by atoms with Gasteiger partial charge in [-0.1, -0.05) is 0 Å². The van der Waals surface area contributed by atoms with Crippen LogP contribution in [-0.2, 0) is 11.3 Å². The predicted molar refractivity (Wildman–Crippen MR) is 63.8 cm³/mol. The minimum absolute atomic E-state index is 0.286. The number of benzene rings is 1. The van der Waals surface area contributed by atoms with E-state index >= 15 is 0 Å². The second kappa shape index (κ2) is 5.68. The third-order valence-corrected chi connectivity index (χ3v) is 2.86. The molecule has 0 spiro atoms. The smallest absolute Gasteiger partial charge is 0.235 e. The van der Waals surface area contributed by atoms with Crippen LogP contribution in [0.1, 0.15) is 11.1 Å². The average Bonchev–Trinajstić information content (AvgIpc) is 2.29. The Kier molecular flexibility index (Phi) is 4.52. The number of halogens is 1. The molecule has 1 aromatic rings. The van der Waals surface area contributed by atoms with Gasteiger partial charge in [0.25, 0.3) is 0 Å². The molecule has 16 heavy (non-hydrogen) atoms. The number of ether oxygens (including phenoxy) is 2. The number of hydrogen-bond donors (Lipinski definition) is 0. The molecule has 0 amide bonds. The Labute approximate surface area is 102 Å². The van der Waals surface area contributed by atoms with Crippen LogP contribution in [0.15, 0.2) is 15.5 Å². The molecule has 0 bridgehead atoms. The SMILES string of the molecule is COc1c(Br)cc(CN=C=O)c(C)c1OC. The van der Waals surface area contributed by atoms with Gasteiger partial charge < -0.3 is 9.47 Å². The first-order valence-electron chi connectivity index (χ1n) is 4.59. The van der Waals surface area contributed by atoms with E-state index < -0.39 is 0 Å². The largest absolute Gasteiger partial charge is 0.493 e. The summed E-state index contributed by atoms with van der Waals surface area (Å²) in [5.41, 5.74) is 1.80. The van der Waals surface area contributed by atoms with Crippen LogP contribution in [0.4, 0.5) is 0 Å². The summed E-state index contributed by atoms with van der Waals surface area (Å²) in [4.78, 5) is 13.6. The summed E-state index contributed by atoms with van der Waals surface area (Å²) < 4.78 is 11.3. The molecule has 0 aliphatic carbocycles. The summed E-state index contributed by atoms with van der Waals surface area (Å²) in [7, 11) is 3.15. The maximum atomic E-state index is 10.1. The van der Waals surface area contributed by atoms with Crippen LogP contribution in [0, 0.1) is 6.92 Å². The van der Waals surface area contributed by atoms with E-state index in [2.05, 4.69) is 20.9 Å². The number of nitrogens with zero attached hydrogens (tertiary/aromatic N) is 1. The molecule has 0 saturated carbocycles. The first-order chi connectivity index (χ1) is 7.65. The van der Waals surface area contributed by atoms with Gasteiger partial charge in [0.2, 0.25) is 6.08 Å². The molecule has 0 saturated heterocycles. The highest BCUT2D eigenvalue weighted by atomic mass is 79.9. The topological polar surface area (TPSA) is 47.9 Å². The predicted octanol–water partition coefficient (Wildman–Crippen LogP) is 2.61. The van der Waals surface area contributed by atoms with Crippen LogP contribution in [0.5, 0.6) is 11.5 Å². The van der Waals surface area contributed by atoms with Crippen LogP contribution in [-0.4, -0.2) is 20.3 Å². The molecule has 5 heteroatoms. The van der Waals surface area contributed by atoms with Gasteiger partial charge in [0.1, 0.15) is 0 Å². The van der Waals surface area contributed by atoms with E-state index in [9.17, 15) is 4.79 Å². The summed E-state index contributed by atoms with van der Waals surface area (Å²) in [5.74, 6) is 1.28. The fourth-order valence-electron chi connectivity index (χ4n) is 1.47. The Morgan fingerprint density at radius 1 is 1.38 bits per heavy atom. The van der Waals surface area contributed by atoms with Gasteiger partial charge in [0.05, 0.1) is 25.2 Å². The molecule has 0 N–H and O–H groups in total. The van der Waals surface area contributed by atoms with E-state index in [0.717, 1.165) is 15.6 Å². The summed E-state index contributed by atoms with van der Waals surface area (Å²) >= 11 is 3.38. The highest BCUT2D eigenvalue weighted by Gasteiger charge is 2.15. The lowest BCUT2D eigenvalue weighted by Gasteiger charge is -2.14. The van der Waals surface area contributed by atoms with Crippen molar-refractivity contribution < 1.29 is 14.3 Å². The molecule has 1 rings (SSSR count). The molecule has 0 aliphatic heterocycles. The maximum absolute atomic E-state index is 10.1. The van der Waals surface area contributed by atoms with Gasteiger partial charge in [-0.3, -0.25) is 0 Å². The lowest BCUT2D eigenvalue weighted by atomic mass is 10.1. The summed E-state index contributed by atoms with van der Waals surface area (Å²) in [6.07, 6.45) is 1.52. The zero-order chi connectivity index (χ0) is 12.1. The third-order valence-electron chi connectivity index (χ3n) is 2.27. The first-order valence-corrected chi connectivity index (χ1v) is 5.38. The van der Waals surface area contributed by atoms with Crippen molar-refractivity contribution >= 4 is 22.0 Å². The lowest BCUT2D eigenvalue weighted by molar-refractivity contribution is 0.350. The van der Waals surface area contributed by atoms with E-state index in [-0.39, 0.29) is 6.54 Å². The van der Waals surface area contributed by atoms with Gasteiger partial charge in [-0.2, -0.15) is 0 Å². The highest BCUT2D eigenvalue weighted by Crippen LogP contribution is 2.39. The number of carbonyl (C=O) groups excluding carboxylic acids is 1. The zero-order valence-electron chi connectivity index (χ0n) is 9.33. The number of rotatable bonds is 4. The van der Waals surface area contributed by atoms with E-state index in [1.54, 1.807) is 14.2 Å². The Hall–Kier alpha value is -1.32. The van der Waals surface area contributed by atoms with Crippen molar-refractivity contribution in [2.24, 2.45) is 4.99 Å². The third kappa shape index (κ3) is 2.43. The van der Waals surface area contributed by atoms with Crippen LogP contribution >= 0.6 is 15.9 Å². The number of aliphatic imine (C=N–C) groups is 1. The van der Waals surface area contributed by atoms with Crippen molar-refractivity contribution in [3.63, 3.8) is 0 Å². The molecule has 0 atom stereocenters. The normalized spacial score (nSPS) is 9.50. The van der Waals surface area contributed by atoms with Crippen LogP contribution in [0.3, 0.4) is 0 Å². The minimum atomic E-state index is 0.286. The number of methoxy groups -OCH3 is 2. The second-order valence-electron chi connectivity index (χ2n) is 3.12. The van der Waals surface area contributed by atoms with E-state index in [4.69, 9.17) is 9.47 Å². The lowest BCUT2D eigenvalue weighted by Crippen LogP contribution is -1.98. The second-order valence-corrected chi connectivity index (χ2v) is 3.97. The van der Waals surface area contributed by atoms with E-state index in [0.29, 0.717) is 11.5 Å². The molecular formula is C11H12BrNO3. The fraction of sp³-hybridized carbons (Fsp3) is 0.364. The van der Waals surface area contributed by atoms with E-state index in [1.165, 1.54) is 6.08 Å². The first kappa shape index (κ1) is 12.7. The zero-order valence-corrected chi connectivity index (χ0v) is 10.9. The van der Waals surface area contributed by atoms with E-state index in [1.807, 2.05) is 13.0 Å². The molecule has 0 heterocycles. The fourth-order valence-corrected chi connectivity index (χ4v) is 2.09. The van der Waals surface area contributed by atoms with Crippen molar-refractivity contribution in [3.05, 3.63) is 21.7 Å². The summed E-state index contributed by atoms with van der Waals surface area (Å²) in [6, 6.07) is 1.86. The monoisotopic (exact) mass is 285 g/mol. The van der Waals surface area contributed by atoms with Crippen molar-refractivity contribution in [1.29, 1.82) is 0 Å². The van der Waals surface area contributed by atoms with Gasteiger partial charge in [-0.05, 0) is 34.5 Å². The van der Waals surface area contributed by atoms with Gasteiger partial charge in [0.15, 0.2) is 11.5 Å². The summed E-state index contributed by atoms with van der Waals surface area (Å²) in [5, 5.41) is 0. The number of hydrogen-bond acceptors (Lipinski definition) is 4. The number of isocyanates is 1. The van der Waals surface area contributed by atoms with Gasteiger partial charge in [-0.25, -0.2) is 9.79 Å². The van der Waals surface area contributed by atoms with Crippen molar-refractivity contribution in [3.8, 4) is 11.5 Å². The minimum Gasteiger partial charge on any atom is -0.493 e. The molecule has 1 aromatic carbocycles. The Balaban J connectivity index is 3.33. The molecule has 0 radical (unpaired) electrons. The van der Waals surface area contributed by atoms with Gasteiger partial charge in [-0.15, -0.1) is 0 Å². The van der Waals surface area contributed by atoms with Crippen LogP contribution in [0.25, 0.3) is 0 Å². The molecule has 0 fully saturated rings. The molecular weight excluding hydrogens is 274 g/mol. The van der Waals surface area contributed by atoms with Crippen molar-refractivity contribution in [2.45, 2.75) is 13.5 Å². The summed E-state index contributed by atoms with van der Waals surface area (Å²) in [6.45, 7) is 2.18. The molecule has 0 aliphatic rings. The molecule has 0 aromatic heterocycles. The Morgan fingerprint density at radius 3 is 2.50 bits per heavy atom. The standard InChI is InChI=1S/C11H12BrNO3/c1-7-8(5-13-6-14)4-9(12)11(16-3)10(7)15-2/h4H,5H2,1-3H3. The average molecular weight is 286 g/mol. The van der Waals surface area contributed by atoms with Gasteiger partial charge in [0, 0.05) is 5.56 Å². The van der Waals surface area contributed by atoms with Gasteiger partial charge >= 0.3 is 0 Å². The Bertz CT molecular complexity index is 439. The van der Waals surface area contributed by atoms with Crippen molar-refractivity contribution in [1.82, 2.24) is 0 Å².